The molecule has 4 rings (SSSR count). The van der Waals surface area contributed by atoms with E-state index in [0.29, 0.717) is 24.4 Å². The van der Waals surface area contributed by atoms with Gasteiger partial charge in [0.1, 0.15) is 11.4 Å². The molecule has 0 saturated carbocycles. The fourth-order valence-corrected chi connectivity index (χ4v) is 5.76. The molecular formula is C43H53N5O6. The first kappa shape index (κ1) is 41.2. The summed E-state index contributed by atoms with van der Waals surface area (Å²) in [6.45, 7) is 15.4. The summed E-state index contributed by atoms with van der Waals surface area (Å²) in [7, 11) is 1.11. The molecule has 11 nitrogen and oxygen atoms in total. The topological polar surface area (TPSA) is 158 Å². The molecule has 0 aliphatic carbocycles. The van der Waals surface area contributed by atoms with Crippen LogP contribution in [0.2, 0.25) is 0 Å². The van der Waals surface area contributed by atoms with E-state index in [2.05, 4.69) is 69.4 Å². The highest BCUT2D eigenvalue weighted by atomic mass is 16.5. The molecule has 1 unspecified atom stereocenters. The van der Waals surface area contributed by atoms with Gasteiger partial charge in [0.15, 0.2) is 0 Å². The smallest absolute Gasteiger partial charge is 0.365 e. The van der Waals surface area contributed by atoms with E-state index in [1.54, 1.807) is 61.5 Å². The lowest BCUT2D eigenvalue weighted by Gasteiger charge is -2.30. The second-order valence-corrected chi connectivity index (χ2v) is 14.7. The average molecular weight is 736 g/mol. The van der Waals surface area contributed by atoms with E-state index in [1.807, 2.05) is 6.07 Å². The lowest BCUT2D eigenvalue weighted by molar-refractivity contribution is -0.453. The predicted octanol–water partition coefficient (Wildman–Crippen LogP) is 9.21. The Morgan fingerprint density at radius 3 is 2.17 bits per heavy atom. The monoisotopic (exact) mass is 735 g/mol. The van der Waals surface area contributed by atoms with Crippen molar-refractivity contribution in [2.24, 2.45) is 5.11 Å². The Hall–Kier alpha value is -5.55. The van der Waals surface area contributed by atoms with Crippen molar-refractivity contribution in [3.8, 4) is 5.75 Å². The predicted molar refractivity (Wildman–Crippen MR) is 213 cm³/mol. The second-order valence-electron chi connectivity index (χ2n) is 14.7. The number of hydrogen-bond donors (Lipinski definition) is 3. The van der Waals surface area contributed by atoms with E-state index in [-0.39, 0.29) is 45.0 Å². The number of azo groups is 1. The number of hydrogen-bond acceptors (Lipinski definition) is 8. The molecule has 54 heavy (non-hydrogen) atoms. The number of Topliss-reactive ketones (excluding diaryl/α,β-unsaturated/α-hetero) is 1. The van der Waals surface area contributed by atoms with Gasteiger partial charge in [-0.1, -0.05) is 90.1 Å². The van der Waals surface area contributed by atoms with Crippen LogP contribution in [0.1, 0.15) is 94.3 Å². The van der Waals surface area contributed by atoms with Crippen molar-refractivity contribution >= 4 is 40.3 Å². The van der Waals surface area contributed by atoms with Crippen molar-refractivity contribution in [3.05, 3.63) is 118 Å². The largest absolute Gasteiger partial charge is 0.594 e. The van der Waals surface area contributed by atoms with Crippen molar-refractivity contribution in [2.45, 2.75) is 90.7 Å². The van der Waals surface area contributed by atoms with Crippen LogP contribution in [0.4, 0.5) is 22.7 Å². The number of anilines is 3. The van der Waals surface area contributed by atoms with E-state index in [0.717, 1.165) is 36.8 Å². The zero-order valence-corrected chi connectivity index (χ0v) is 32.6. The van der Waals surface area contributed by atoms with E-state index in [9.17, 15) is 19.6 Å². The molecule has 0 bridgehead atoms. The molecule has 0 aromatic heterocycles. The third-order valence-electron chi connectivity index (χ3n) is 10.0. The molecule has 4 aromatic rings. The van der Waals surface area contributed by atoms with Crippen molar-refractivity contribution in [1.82, 2.24) is 0 Å². The molecule has 286 valence electrons. The number of carbonyl (C=O) groups is 3. The number of rotatable bonds is 17. The van der Waals surface area contributed by atoms with Gasteiger partial charge in [0.25, 0.3) is 11.6 Å². The molecule has 0 aliphatic heterocycles. The molecule has 0 spiro atoms. The molecule has 0 saturated heterocycles. The first-order valence-electron chi connectivity index (χ1n) is 18.3. The van der Waals surface area contributed by atoms with Gasteiger partial charge in [-0.3, -0.25) is 14.4 Å². The maximum Gasteiger partial charge on any atom is 0.365 e. The number of nitrogens with one attached hydrogen (secondary N) is 2. The SMILES string of the molecule is CCC(C)(C)c1ccc(OCCCC(=O)Nc2cccc(C(=O)C(N=[N+]([O-])c3ccc(C)cc3N)(OC)C(=O)Nc3ccccc3)c2)c(C(C)(C)CC)c1. The lowest BCUT2D eigenvalue weighted by atomic mass is 9.76. The molecule has 2 amide bonds. The summed E-state index contributed by atoms with van der Waals surface area (Å²) in [5.41, 5.74) is 7.25. The maximum atomic E-state index is 14.2. The molecule has 1 atom stereocenters. The molecule has 4 N–H and O–H groups in total. The first-order chi connectivity index (χ1) is 25.6. The van der Waals surface area contributed by atoms with Gasteiger partial charge in [0.2, 0.25) is 11.7 Å². The average Bonchev–Trinajstić information content (AvgIpc) is 3.15. The number of nitrogens with two attached hydrogens (primary N) is 1. The number of methoxy groups -OCH3 is 1. The van der Waals surface area contributed by atoms with Gasteiger partial charge in [-0.25, -0.2) is 0 Å². The van der Waals surface area contributed by atoms with Crippen LogP contribution >= 0.6 is 0 Å². The van der Waals surface area contributed by atoms with Gasteiger partial charge in [0, 0.05) is 47.2 Å². The van der Waals surface area contributed by atoms with Crippen LogP contribution < -0.4 is 21.1 Å². The zero-order chi connectivity index (χ0) is 39.7. The summed E-state index contributed by atoms with van der Waals surface area (Å²) in [6.07, 6.45) is 2.56. The Morgan fingerprint density at radius 1 is 0.833 bits per heavy atom. The lowest BCUT2D eigenvalue weighted by Crippen LogP contribution is -2.50. The molecule has 0 aliphatic rings. The summed E-state index contributed by atoms with van der Waals surface area (Å²) in [6, 6.07) is 25.5. The van der Waals surface area contributed by atoms with Crippen LogP contribution in [0, 0.1) is 12.1 Å². The molecule has 4 aromatic carbocycles. The highest BCUT2D eigenvalue weighted by Crippen LogP contribution is 2.38. The van der Waals surface area contributed by atoms with Crippen molar-refractivity contribution in [2.75, 3.05) is 30.1 Å². The number of aryl methyl sites for hydroxylation is 1. The van der Waals surface area contributed by atoms with Crippen LogP contribution in [-0.2, 0) is 25.2 Å². The third-order valence-corrected chi connectivity index (χ3v) is 10.0. The van der Waals surface area contributed by atoms with Gasteiger partial charge in [-0.2, -0.15) is 0 Å². The van der Waals surface area contributed by atoms with E-state index < -0.39 is 17.4 Å². The summed E-state index contributed by atoms with van der Waals surface area (Å²) in [5.74, 6) is -1.42. The second kappa shape index (κ2) is 17.5. The maximum absolute atomic E-state index is 14.2. The minimum Gasteiger partial charge on any atom is -0.594 e. The van der Waals surface area contributed by atoms with Gasteiger partial charge >= 0.3 is 5.72 Å². The quantitative estimate of drug-likeness (QED) is 0.0185. The Kier molecular flexibility index (Phi) is 13.4. The van der Waals surface area contributed by atoms with Crippen LogP contribution in [0.15, 0.2) is 96.1 Å². The van der Waals surface area contributed by atoms with Crippen LogP contribution in [0.5, 0.6) is 5.75 Å². The Labute approximate surface area is 318 Å². The number of ether oxygens (including phenoxy) is 2. The number of nitrogen functional groups attached to an aromatic ring is 1. The van der Waals surface area contributed by atoms with Gasteiger partial charge < -0.3 is 31.0 Å². The summed E-state index contributed by atoms with van der Waals surface area (Å²) < 4.78 is 11.8. The Morgan fingerprint density at radius 2 is 1.52 bits per heavy atom. The first-order valence-corrected chi connectivity index (χ1v) is 18.3. The molecule has 0 radical (unpaired) electrons. The molecule has 0 heterocycles. The standard InChI is InChI=1S/C43H53N5O6/c1-9-41(4,5)31-22-24-37(34(28-31)42(6,7)10-2)54-25-15-20-38(49)45-33-19-14-16-30(27-33)39(50)43(53-8,40(51)46-32-17-12-11-13-18-32)47-48(52)36-23-21-29(3)26-35(36)44/h11-14,16-19,21-24,26-28H,9-10,15,20,25,44H2,1-8H3,(H,45,49)(H,46,51). The van der Waals surface area contributed by atoms with Crippen molar-refractivity contribution in [3.63, 3.8) is 0 Å². The molecular weight excluding hydrogens is 683 g/mol. The summed E-state index contributed by atoms with van der Waals surface area (Å²) in [4.78, 5) is 41.2. The summed E-state index contributed by atoms with van der Waals surface area (Å²) >= 11 is 0. The fourth-order valence-electron chi connectivity index (χ4n) is 5.76. The zero-order valence-electron chi connectivity index (χ0n) is 32.6. The number of ketones is 1. The number of benzene rings is 4. The highest BCUT2D eigenvalue weighted by Gasteiger charge is 2.52. The van der Waals surface area contributed by atoms with Crippen molar-refractivity contribution < 1.29 is 28.7 Å². The van der Waals surface area contributed by atoms with Crippen LogP contribution in [0.3, 0.4) is 0 Å². The minimum atomic E-state index is -2.66. The summed E-state index contributed by atoms with van der Waals surface area (Å²) in [5, 5.41) is 22.8. The number of nitrogens with zero attached hydrogens (tertiary/aromatic N) is 2. The van der Waals surface area contributed by atoms with E-state index >= 15 is 0 Å². The highest BCUT2D eigenvalue weighted by molar-refractivity contribution is 6.20. The van der Waals surface area contributed by atoms with Gasteiger partial charge in [-0.05, 0) is 89.4 Å². The minimum absolute atomic E-state index is 0.0315. The Bertz CT molecular complexity index is 1990. The number of para-hydroxylation sites is 1. The third kappa shape index (κ3) is 9.70. The fraction of sp³-hybridized carbons (Fsp3) is 0.372. The van der Waals surface area contributed by atoms with Crippen LogP contribution in [-0.4, -0.2) is 41.9 Å². The van der Waals surface area contributed by atoms with Crippen LogP contribution in [0.25, 0.3) is 0 Å². The van der Waals surface area contributed by atoms with Gasteiger partial charge in [0.05, 0.1) is 6.61 Å². The Balaban J connectivity index is 1.52. The number of carbonyl (C=O) groups excluding carboxylic acids is 3. The van der Waals surface area contributed by atoms with E-state index in [1.165, 1.54) is 23.8 Å². The molecule has 11 heteroatoms. The van der Waals surface area contributed by atoms with E-state index in [4.69, 9.17) is 15.2 Å². The van der Waals surface area contributed by atoms with Gasteiger partial charge in [-0.15, -0.1) is 0 Å². The molecule has 0 fully saturated rings. The normalized spacial score (nSPS) is 13.1. The van der Waals surface area contributed by atoms with Crippen molar-refractivity contribution in [1.29, 1.82) is 0 Å². The number of amides is 2.